The number of hydrogen-bond donors (Lipinski definition) is 2. The molecule has 0 aliphatic heterocycles. The monoisotopic (exact) mass is 356 g/mol. The van der Waals surface area contributed by atoms with Gasteiger partial charge in [-0.25, -0.2) is 13.8 Å². The van der Waals surface area contributed by atoms with Crippen molar-refractivity contribution in [2.24, 2.45) is 0 Å². The lowest BCUT2D eigenvalue weighted by atomic mass is 10.1. The third-order valence-electron chi connectivity index (χ3n) is 3.77. The molecule has 0 atom stereocenters. The first-order valence-corrected chi connectivity index (χ1v) is 7.80. The number of fused-ring (bicyclic) bond motifs is 1. The minimum absolute atomic E-state index is 0.126. The van der Waals surface area contributed by atoms with Gasteiger partial charge in [-0.05, 0) is 30.3 Å². The molecule has 0 saturated heterocycles. The summed E-state index contributed by atoms with van der Waals surface area (Å²) in [7, 11) is 0. The summed E-state index contributed by atoms with van der Waals surface area (Å²) in [5.74, 6) is -1.53. The van der Waals surface area contributed by atoms with Gasteiger partial charge in [-0.2, -0.15) is 0 Å². The number of nitrogens with zero attached hydrogens (tertiary/aromatic N) is 2. The Labute approximate surface area is 146 Å². The van der Waals surface area contributed by atoms with Gasteiger partial charge in [0.2, 0.25) is 0 Å². The molecule has 4 rings (SSSR count). The molecule has 0 radical (unpaired) electrons. The molecule has 0 saturated carbocycles. The van der Waals surface area contributed by atoms with E-state index in [1.165, 1.54) is 6.07 Å². The van der Waals surface area contributed by atoms with Crippen molar-refractivity contribution in [3.63, 3.8) is 0 Å². The summed E-state index contributed by atoms with van der Waals surface area (Å²) >= 11 is 5.80. The topological polar surface area (TPSA) is 53.6 Å². The van der Waals surface area contributed by atoms with Crippen LogP contribution in [0.15, 0.2) is 55.0 Å². The maximum Gasteiger partial charge on any atom is 0.144 e. The molecule has 4 aromatic rings. The summed E-state index contributed by atoms with van der Waals surface area (Å²) in [6.45, 7) is 0. The quantitative estimate of drug-likeness (QED) is 0.490. The number of nitrogens with one attached hydrogen (secondary N) is 2. The fraction of sp³-hybridized carbons (Fsp3) is 0. The van der Waals surface area contributed by atoms with Crippen molar-refractivity contribution in [3.05, 3.63) is 71.6 Å². The molecule has 3 heterocycles. The van der Waals surface area contributed by atoms with Gasteiger partial charge in [-0.15, -0.1) is 0 Å². The van der Waals surface area contributed by atoms with Crippen LogP contribution in [0, 0.1) is 11.6 Å². The zero-order chi connectivity index (χ0) is 17.4. The van der Waals surface area contributed by atoms with E-state index in [2.05, 4.69) is 20.3 Å². The summed E-state index contributed by atoms with van der Waals surface area (Å²) in [6.07, 6.45) is 5.07. The third kappa shape index (κ3) is 2.92. The number of anilines is 2. The first-order chi connectivity index (χ1) is 12.1. The van der Waals surface area contributed by atoms with Gasteiger partial charge in [0, 0.05) is 41.3 Å². The van der Waals surface area contributed by atoms with Crippen molar-refractivity contribution >= 4 is 34.0 Å². The van der Waals surface area contributed by atoms with Crippen LogP contribution >= 0.6 is 11.6 Å². The number of halogens is 3. The third-order valence-corrected chi connectivity index (χ3v) is 4.06. The highest BCUT2D eigenvalue weighted by Crippen LogP contribution is 2.33. The Kier molecular flexibility index (Phi) is 3.82. The zero-order valence-corrected chi connectivity index (χ0v) is 13.5. The Morgan fingerprint density at radius 2 is 1.80 bits per heavy atom. The molecule has 2 N–H and O–H groups in total. The molecule has 124 valence electrons. The van der Waals surface area contributed by atoms with E-state index in [0.717, 1.165) is 22.8 Å². The molecular formula is C18H11ClF2N4. The number of hydrogen-bond acceptors (Lipinski definition) is 3. The van der Waals surface area contributed by atoms with Crippen molar-refractivity contribution < 1.29 is 8.78 Å². The molecule has 0 aliphatic carbocycles. The van der Waals surface area contributed by atoms with Gasteiger partial charge < -0.3 is 10.3 Å². The molecule has 0 spiro atoms. The second-order valence-electron chi connectivity index (χ2n) is 5.40. The van der Waals surface area contributed by atoms with Crippen molar-refractivity contribution in [1.29, 1.82) is 0 Å². The predicted octanol–water partition coefficient (Wildman–Crippen LogP) is 5.30. The summed E-state index contributed by atoms with van der Waals surface area (Å²) in [6, 6.07) is 9.18. The first kappa shape index (κ1) is 15.5. The van der Waals surface area contributed by atoms with E-state index in [4.69, 9.17) is 11.6 Å². The number of aromatic nitrogens is 3. The van der Waals surface area contributed by atoms with Gasteiger partial charge >= 0.3 is 0 Å². The molecule has 0 aliphatic rings. The molecule has 1 aromatic carbocycles. The van der Waals surface area contributed by atoms with Crippen LogP contribution in [-0.2, 0) is 0 Å². The van der Waals surface area contributed by atoms with Crippen LogP contribution in [0.25, 0.3) is 22.3 Å². The lowest BCUT2D eigenvalue weighted by Gasteiger charge is -2.11. The Balaban J connectivity index is 1.87. The number of benzene rings is 1. The SMILES string of the molecule is Fc1cc(F)c(-c2cc(Nc3ccncc3)c3cc[nH]c3n2)cc1Cl. The van der Waals surface area contributed by atoms with Gasteiger partial charge in [0.25, 0.3) is 0 Å². The summed E-state index contributed by atoms with van der Waals surface area (Å²) in [5, 5.41) is 3.94. The minimum atomic E-state index is -0.806. The average molecular weight is 357 g/mol. The molecule has 25 heavy (non-hydrogen) atoms. The minimum Gasteiger partial charge on any atom is -0.355 e. The molecule has 4 nitrogen and oxygen atoms in total. The van der Waals surface area contributed by atoms with Crippen LogP contribution in [0.3, 0.4) is 0 Å². The van der Waals surface area contributed by atoms with E-state index in [1.54, 1.807) is 24.7 Å². The fourth-order valence-electron chi connectivity index (χ4n) is 2.59. The van der Waals surface area contributed by atoms with Gasteiger partial charge in [0.05, 0.1) is 16.4 Å². The Morgan fingerprint density at radius 1 is 1.00 bits per heavy atom. The van der Waals surface area contributed by atoms with E-state index in [9.17, 15) is 8.78 Å². The molecule has 7 heteroatoms. The zero-order valence-electron chi connectivity index (χ0n) is 12.7. The van der Waals surface area contributed by atoms with Gasteiger partial charge in [-0.1, -0.05) is 11.6 Å². The van der Waals surface area contributed by atoms with E-state index in [1.807, 2.05) is 18.2 Å². The first-order valence-electron chi connectivity index (χ1n) is 7.42. The maximum atomic E-state index is 14.2. The van der Waals surface area contributed by atoms with Crippen molar-refractivity contribution in [3.8, 4) is 11.3 Å². The van der Waals surface area contributed by atoms with Gasteiger partial charge in [0.1, 0.15) is 17.3 Å². The Morgan fingerprint density at radius 3 is 2.60 bits per heavy atom. The van der Waals surface area contributed by atoms with Crippen LogP contribution in [0.2, 0.25) is 5.02 Å². The maximum absolute atomic E-state index is 14.2. The second-order valence-corrected chi connectivity index (χ2v) is 5.81. The lowest BCUT2D eigenvalue weighted by molar-refractivity contribution is 0.585. The van der Waals surface area contributed by atoms with Crippen LogP contribution in [0.5, 0.6) is 0 Å². The standard InChI is InChI=1S/C18H11ClF2N4/c19-13-7-12(14(20)8-15(13)21)17-9-16(11-3-6-23-18(11)25-17)24-10-1-4-22-5-2-10/h1-9H,(H2,22,23,24,25). The summed E-state index contributed by atoms with van der Waals surface area (Å²) in [4.78, 5) is 11.4. The van der Waals surface area contributed by atoms with E-state index in [0.29, 0.717) is 11.3 Å². The fourth-order valence-corrected chi connectivity index (χ4v) is 2.75. The summed E-state index contributed by atoms with van der Waals surface area (Å²) < 4.78 is 27.7. The molecule has 0 fully saturated rings. The van der Waals surface area contributed by atoms with E-state index < -0.39 is 11.6 Å². The number of pyridine rings is 2. The highest BCUT2D eigenvalue weighted by atomic mass is 35.5. The lowest BCUT2D eigenvalue weighted by Crippen LogP contribution is -1.96. The van der Waals surface area contributed by atoms with E-state index in [-0.39, 0.29) is 10.6 Å². The molecular weight excluding hydrogens is 346 g/mol. The molecule has 3 aromatic heterocycles. The van der Waals surface area contributed by atoms with Crippen LogP contribution < -0.4 is 5.32 Å². The second kappa shape index (κ2) is 6.14. The average Bonchev–Trinajstić information content (AvgIpc) is 3.08. The molecule has 0 amide bonds. The Hall–Kier alpha value is -2.99. The largest absolute Gasteiger partial charge is 0.355 e. The molecule has 0 bridgehead atoms. The van der Waals surface area contributed by atoms with Crippen LogP contribution in [0.4, 0.5) is 20.2 Å². The highest BCUT2D eigenvalue weighted by Gasteiger charge is 2.15. The van der Waals surface area contributed by atoms with Crippen LogP contribution in [-0.4, -0.2) is 15.0 Å². The Bertz CT molecular complexity index is 1060. The molecule has 0 unspecified atom stereocenters. The predicted molar refractivity (Wildman–Crippen MR) is 94.0 cm³/mol. The normalized spacial score (nSPS) is 11.0. The van der Waals surface area contributed by atoms with Crippen molar-refractivity contribution in [2.75, 3.05) is 5.32 Å². The highest BCUT2D eigenvalue weighted by molar-refractivity contribution is 6.31. The van der Waals surface area contributed by atoms with Crippen LogP contribution in [0.1, 0.15) is 0 Å². The number of H-pyrrole nitrogens is 1. The van der Waals surface area contributed by atoms with Gasteiger partial charge in [0.15, 0.2) is 0 Å². The number of rotatable bonds is 3. The summed E-state index contributed by atoms with van der Waals surface area (Å²) in [5.41, 5.74) is 2.60. The van der Waals surface area contributed by atoms with Crippen molar-refractivity contribution in [1.82, 2.24) is 15.0 Å². The van der Waals surface area contributed by atoms with Gasteiger partial charge in [-0.3, -0.25) is 4.98 Å². The van der Waals surface area contributed by atoms with E-state index >= 15 is 0 Å². The smallest absolute Gasteiger partial charge is 0.144 e. The van der Waals surface area contributed by atoms with Crippen molar-refractivity contribution in [2.45, 2.75) is 0 Å². The number of aromatic amines is 1.